The van der Waals surface area contributed by atoms with Gasteiger partial charge in [0.05, 0.1) is 26.1 Å². The first-order valence-corrected chi connectivity index (χ1v) is 17.6. The number of aliphatic carboxylic acids is 1. The van der Waals surface area contributed by atoms with Crippen LogP contribution in [0, 0.1) is 5.92 Å². The lowest BCUT2D eigenvalue weighted by molar-refractivity contribution is -0.147. The van der Waals surface area contributed by atoms with Crippen LogP contribution in [0.5, 0.6) is 0 Å². The number of Topliss-reactive ketones (excluding diaryl/α,β-unsaturated/α-hetero) is 3. The summed E-state index contributed by atoms with van der Waals surface area (Å²) >= 11 is 0. The molecule has 0 spiro atoms. The highest BCUT2D eigenvalue weighted by Gasteiger charge is 2.27. The molecule has 0 bridgehead atoms. The van der Waals surface area contributed by atoms with E-state index in [1.54, 1.807) is 91.0 Å². The summed E-state index contributed by atoms with van der Waals surface area (Å²) in [5, 5.41) is 16.0. The molecule has 0 aromatic heterocycles. The number of carbonyl (C=O) groups excluding carboxylic acids is 7. The van der Waals surface area contributed by atoms with Crippen molar-refractivity contribution in [3.05, 3.63) is 108 Å². The normalized spacial score (nSPS) is 11.6. The number of hydrogen-bond acceptors (Lipinski definition) is 11. The minimum Gasteiger partial charge on any atom is -0.480 e. The first-order valence-electron chi connectivity index (χ1n) is 17.6. The molecule has 0 unspecified atom stereocenters. The molecule has 3 aromatic carbocycles. The number of ketones is 3. The molecule has 4 N–H and O–H groups in total. The van der Waals surface area contributed by atoms with Crippen molar-refractivity contribution in [2.45, 2.75) is 57.8 Å². The Morgan fingerprint density at radius 1 is 0.618 bits per heavy atom. The van der Waals surface area contributed by atoms with Gasteiger partial charge in [0.15, 0.2) is 17.3 Å². The summed E-state index contributed by atoms with van der Waals surface area (Å²) in [6, 6.07) is 25.2. The summed E-state index contributed by atoms with van der Waals surface area (Å²) in [5.41, 5.74) is 2.19. The van der Waals surface area contributed by atoms with Crippen molar-refractivity contribution in [1.29, 1.82) is 0 Å². The van der Waals surface area contributed by atoms with Crippen molar-refractivity contribution in [2.24, 2.45) is 5.92 Å². The highest BCUT2D eigenvalue weighted by Crippen LogP contribution is 2.14. The van der Waals surface area contributed by atoms with E-state index >= 15 is 0 Å². The van der Waals surface area contributed by atoms with Crippen LogP contribution in [0.3, 0.4) is 0 Å². The van der Waals surface area contributed by atoms with Gasteiger partial charge in [0.1, 0.15) is 25.9 Å². The number of amides is 3. The average Bonchev–Trinajstić information content (AvgIpc) is 3.18. The van der Waals surface area contributed by atoms with Crippen molar-refractivity contribution in [3.63, 3.8) is 0 Å². The van der Waals surface area contributed by atoms with Gasteiger partial charge >= 0.3 is 18.0 Å². The van der Waals surface area contributed by atoms with Crippen LogP contribution in [0.2, 0.25) is 0 Å². The van der Waals surface area contributed by atoms with Crippen molar-refractivity contribution < 1.29 is 57.7 Å². The Morgan fingerprint density at radius 3 is 1.78 bits per heavy atom. The minimum atomic E-state index is -1.36. The topological polar surface area (TPSA) is 221 Å². The molecule has 0 radical (unpaired) electrons. The number of nitrogens with one attached hydrogen (secondary N) is 3. The quantitative estimate of drug-likeness (QED) is 0.0724. The third-order valence-corrected chi connectivity index (χ3v) is 7.97. The van der Waals surface area contributed by atoms with E-state index < -0.39 is 78.7 Å². The molecule has 2 atom stereocenters. The van der Waals surface area contributed by atoms with E-state index in [2.05, 4.69) is 16.0 Å². The van der Waals surface area contributed by atoms with E-state index in [1.165, 1.54) is 0 Å². The molecular weight excluding hydrogens is 714 g/mol. The summed E-state index contributed by atoms with van der Waals surface area (Å²) in [6.45, 7) is -1.59. The van der Waals surface area contributed by atoms with Gasteiger partial charge in [-0.2, -0.15) is 0 Å². The number of carbonyl (C=O) groups is 8. The fourth-order valence-electron chi connectivity index (χ4n) is 5.08. The van der Waals surface area contributed by atoms with Gasteiger partial charge in [-0.15, -0.1) is 0 Å². The summed E-state index contributed by atoms with van der Waals surface area (Å²) in [7, 11) is 0. The Labute approximate surface area is 318 Å². The zero-order valence-corrected chi connectivity index (χ0v) is 30.2. The Bertz CT molecular complexity index is 1680. The first kappa shape index (κ1) is 43.2. The third kappa shape index (κ3) is 18.4. The van der Waals surface area contributed by atoms with Gasteiger partial charge in [-0.3, -0.25) is 28.8 Å². The molecule has 3 aromatic rings. The zero-order chi connectivity index (χ0) is 39.8. The first-order chi connectivity index (χ1) is 26.5. The van der Waals surface area contributed by atoms with Crippen molar-refractivity contribution >= 4 is 47.2 Å². The fraction of sp³-hybridized carbons (Fsp3) is 0.350. The number of hydrogen-bond donors (Lipinski definition) is 4. The maximum absolute atomic E-state index is 13.2. The van der Waals surface area contributed by atoms with Crippen LogP contribution >= 0.6 is 0 Å². The molecule has 292 valence electrons. The number of carboxylic acid groups (broad SMARTS) is 1. The molecular formula is C40H45N3O12. The predicted molar refractivity (Wildman–Crippen MR) is 196 cm³/mol. The maximum atomic E-state index is 13.2. The molecule has 0 fully saturated rings. The molecule has 0 aliphatic heterocycles. The Balaban J connectivity index is 1.51. The minimum absolute atomic E-state index is 0.0485. The third-order valence-electron chi connectivity index (χ3n) is 7.97. The zero-order valence-electron chi connectivity index (χ0n) is 30.2. The largest absolute Gasteiger partial charge is 0.480 e. The molecule has 0 heterocycles. The lowest BCUT2D eigenvalue weighted by Gasteiger charge is -2.18. The van der Waals surface area contributed by atoms with Gasteiger partial charge in [0, 0.05) is 31.6 Å². The molecule has 0 saturated heterocycles. The molecule has 0 aliphatic rings. The van der Waals surface area contributed by atoms with Gasteiger partial charge in [-0.25, -0.2) is 9.59 Å². The number of alkyl carbamates (subject to hydrolysis) is 1. The smallest absolute Gasteiger partial charge is 0.408 e. The lowest BCUT2D eigenvalue weighted by Crippen LogP contribution is -2.43. The van der Waals surface area contributed by atoms with E-state index in [0.29, 0.717) is 5.56 Å². The lowest BCUT2D eigenvalue weighted by atomic mass is 9.93. The van der Waals surface area contributed by atoms with E-state index in [1.807, 2.05) is 0 Å². The van der Waals surface area contributed by atoms with Crippen LogP contribution in [-0.4, -0.2) is 84.6 Å². The van der Waals surface area contributed by atoms with Crippen molar-refractivity contribution in [3.8, 4) is 0 Å². The van der Waals surface area contributed by atoms with E-state index in [4.69, 9.17) is 19.3 Å². The molecule has 3 rings (SSSR count). The van der Waals surface area contributed by atoms with Gasteiger partial charge < -0.3 is 35.3 Å². The van der Waals surface area contributed by atoms with Gasteiger partial charge in [-0.05, 0) is 23.1 Å². The molecule has 0 aliphatic carbocycles. The highest BCUT2D eigenvalue weighted by molar-refractivity contribution is 5.95. The second-order valence-corrected chi connectivity index (χ2v) is 12.4. The Kier molecular flexibility index (Phi) is 19.0. The maximum Gasteiger partial charge on any atom is 0.408 e. The second-order valence-electron chi connectivity index (χ2n) is 12.4. The second kappa shape index (κ2) is 24.2. The average molecular weight is 760 g/mol. The van der Waals surface area contributed by atoms with Crippen LogP contribution in [0.25, 0.3) is 0 Å². The predicted octanol–water partition coefficient (Wildman–Crippen LogP) is 2.88. The van der Waals surface area contributed by atoms with E-state index in [9.17, 15) is 38.4 Å². The Morgan fingerprint density at radius 2 is 1.18 bits per heavy atom. The Hall–Kier alpha value is -6.22. The van der Waals surface area contributed by atoms with Crippen molar-refractivity contribution in [2.75, 3.05) is 26.3 Å². The monoisotopic (exact) mass is 759 g/mol. The van der Waals surface area contributed by atoms with Crippen molar-refractivity contribution in [1.82, 2.24) is 16.0 Å². The SMILES string of the molecule is O=C(O)COCCC(=O)CNC(=O)[C@@H](CC(=O)CNC(=O)CCC(=O)[C@H](CC(=O)OCc1ccccc1)NC(=O)OCc1ccccc1)Cc1ccccc1. The molecule has 0 saturated carbocycles. The van der Waals surface area contributed by atoms with Gasteiger partial charge in [-0.1, -0.05) is 91.0 Å². The summed E-state index contributed by atoms with van der Waals surface area (Å²) in [4.78, 5) is 99.8. The molecule has 15 heteroatoms. The fourth-order valence-corrected chi connectivity index (χ4v) is 5.08. The van der Waals surface area contributed by atoms with Crippen LogP contribution in [0.15, 0.2) is 91.0 Å². The summed E-state index contributed by atoms with van der Waals surface area (Å²) in [5.74, 6) is -5.54. The number of benzene rings is 3. The van der Waals surface area contributed by atoms with Crippen LogP contribution < -0.4 is 16.0 Å². The van der Waals surface area contributed by atoms with Crippen LogP contribution in [0.1, 0.15) is 48.8 Å². The van der Waals surface area contributed by atoms with Gasteiger partial charge in [0.25, 0.3) is 0 Å². The number of ether oxygens (including phenoxy) is 3. The van der Waals surface area contributed by atoms with E-state index in [-0.39, 0.29) is 58.5 Å². The highest BCUT2D eigenvalue weighted by atomic mass is 16.5. The standard InChI is InChI=1S/C40H45N3O12/c44-32(18-19-53-27-37(48)49)23-42-39(51)31(20-28-10-4-1-5-11-28)21-33(45)24-41-36(47)17-16-35(46)34(22-38(50)54-25-29-12-6-2-7-13-29)43-40(52)55-26-30-14-8-3-9-15-30/h1-15,31,34H,16-27H2,(H,41,47)(H,42,51)(H,43,52)(H,48,49)/t31-,34+/m1/s1. The number of rotatable bonds is 25. The van der Waals surface area contributed by atoms with Crippen LogP contribution in [0.4, 0.5) is 4.79 Å². The van der Waals surface area contributed by atoms with E-state index in [0.717, 1.165) is 11.1 Å². The molecule has 55 heavy (non-hydrogen) atoms. The summed E-state index contributed by atoms with van der Waals surface area (Å²) in [6.07, 6.45) is -2.42. The van der Waals surface area contributed by atoms with Gasteiger partial charge in [0.2, 0.25) is 11.8 Å². The number of carboxylic acids is 1. The van der Waals surface area contributed by atoms with Crippen LogP contribution in [-0.2, 0) is 67.4 Å². The number of esters is 1. The molecule has 15 nitrogen and oxygen atoms in total. The molecule has 3 amide bonds. The summed E-state index contributed by atoms with van der Waals surface area (Å²) < 4.78 is 15.3.